The highest BCUT2D eigenvalue weighted by Crippen LogP contribution is 2.26. The zero-order valence-corrected chi connectivity index (χ0v) is 13.7. The van der Waals surface area contributed by atoms with Gasteiger partial charge in [-0.25, -0.2) is 0 Å². The molecule has 0 aromatic heterocycles. The van der Waals surface area contributed by atoms with E-state index in [1.165, 1.54) is 11.1 Å². The molecule has 0 amide bonds. The van der Waals surface area contributed by atoms with Crippen LogP contribution in [0.4, 0.5) is 5.69 Å². The molecule has 3 heteroatoms. The number of benzene rings is 2. The number of nitrogens with one attached hydrogen (secondary N) is 1. The second kappa shape index (κ2) is 6.80. The van der Waals surface area contributed by atoms with Crippen molar-refractivity contribution in [3.8, 4) is 5.75 Å². The van der Waals surface area contributed by atoms with E-state index in [1.807, 2.05) is 38.1 Å². The third kappa shape index (κ3) is 4.01. The zero-order chi connectivity index (χ0) is 14.5. The first-order valence-electron chi connectivity index (χ1n) is 6.81. The van der Waals surface area contributed by atoms with Crippen LogP contribution in [0.5, 0.6) is 5.75 Å². The van der Waals surface area contributed by atoms with Crippen molar-refractivity contribution >= 4 is 21.6 Å². The molecule has 0 aliphatic rings. The van der Waals surface area contributed by atoms with Gasteiger partial charge in [0.2, 0.25) is 0 Å². The van der Waals surface area contributed by atoms with Crippen molar-refractivity contribution in [2.75, 3.05) is 5.32 Å². The predicted molar refractivity (Wildman–Crippen MR) is 88.4 cm³/mol. The molecule has 2 nitrogen and oxygen atoms in total. The van der Waals surface area contributed by atoms with Crippen LogP contribution in [-0.4, -0.2) is 6.10 Å². The van der Waals surface area contributed by atoms with Crippen LogP contribution >= 0.6 is 15.9 Å². The van der Waals surface area contributed by atoms with Gasteiger partial charge < -0.3 is 10.1 Å². The van der Waals surface area contributed by atoms with Crippen LogP contribution in [0.1, 0.15) is 25.0 Å². The fourth-order valence-corrected chi connectivity index (χ4v) is 2.34. The van der Waals surface area contributed by atoms with Gasteiger partial charge in [-0.15, -0.1) is 0 Å². The standard InChI is InChI=1S/C17H20BrNO/c1-12(2)20-17-7-5-4-6-16(17)19-11-14-9-8-13(3)15(18)10-14/h4-10,12,19H,11H2,1-3H3. The van der Waals surface area contributed by atoms with Crippen LogP contribution in [0, 0.1) is 6.92 Å². The van der Waals surface area contributed by atoms with E-state index in [1.54, 1.807) is 0 Å². The first kappa shape index (κ1) is 14.9. The van der Waals surface area contributed by atoms with Gasteiger partial charge >= 0.3 is 0 Å². The van der Waals surface area contributed by atoms with Crippen molar-refractivity contribution in [3.05, 3.63) is 58.1 Å². The zero-order valence-electron chi connectivity index (χ0n) is 12.1. The minimum Gasteiger partial charge on any atom is -0.489 e. The van der Waals surface area contributed by atoms with E-state index in [2.05, 4.69) is 46.4 Å². The largest absolute Gasteiger partial charge is 0.489 e. The first-order chi connectivity index (χ1) is 9.56. The lowest BCUT2D eigenvalue weighted by Gasteiger charge is -2.15. The van der Waals surface area contributed by atoms with Crippen LogP contribution in [0.2, 0.25) is 0 Å². The summed E-state index contributed by atoms with van der Waals surface area (Å²) in [6.07, 6.45) is 0.173. The fraction of sp³-hybridized carbons (Fsp3) is 0.294. The maximum absolute atomic E-state index is 5.80. The maximum Gasteiger partial charge on any atom is 0.142 e. The molecule has 0 spiro atoms. The second-order valence-corrected chi connectivity index (χ2v) is 5.95. The molecule has 0 atom stereocenters. The van der Waals surface area contributed by atoms with Crippen molar-refractivity contribution < 1.29 is 4.74 Å². The predicted octanol–water partition coefficient (Wildman–Crippen LogP) is 5.16. The summed E-state index contributed by atoms with van der Waals surface area (Å²) in [4.78, 5) is 0. The molecule has 0 fully saturated rings. The minimum absolute atomic E-state index is 0.173. The number of aryl methyl sites for hydroxylation is 1. The Kier molecular flexibility index (Phi) is 5.07. The Bertz CT molecular complexity index is 581. The molecule has 2 rings (SSSR count). The molecule has 0 saturated heterocycles. The summed E-state index contributed by atoms with van der Waals surface area (Å²) >= 11 is 3.57. The Hall–Kier alpha value is -1.48. The molecule has 0 radical (unpaired) electrons. The fourth-order valence-electron chi connectivity index (χ4n) is 1.91. The Balaban J connectivity index is 2.08. The van der Waals surface area contributed by atoms with Crippen LogP contribution in [0.15, 0.2) is 46.9 Å². The Morgan fingerprint density at radius 1 is 1.15 bits per heavy atom. The summed E-state index contributed by atoms with van der Waals surface area (Å²) in [5, 5.41) is 3.44. The van der Waals surface area contributed by atoms with Crippen LogP contribution in [0.3, 0.4) is 0 Å². The summed E-state index contributed by atoms with van der Waals surface area (Å²) in [5.41, 5.74) is 3.51. The number of hydrogen-bond acceptors (Lipinski definition) is 2. The van der Waals surface area contributed by atoms with E-state index >= 15 is 0 Å². The second-order valence-electron chi connectivity index (χ2n) is 5.10. The molecule has 2 aromatic carbocycles. The summed E-state index contributed by atoms with van der Waals surface area (Å²) < 4.78 is 6.95. The van der Waals surface area contributed by atoms with E-state index in [9.17, 15) is 0 Å². The van der Waals surface area contributed by atoms with Crippen LogP contribution < -0.4 is 10.1 Å². The van der Waals surface area contributed by atoms with Gasteiger partial charge in [0.15, 0.2) is 0 Å². The highest BCUT2D eigenvalue weighted by Gasteiger charge is 2.05. The quantitative estimate of drug-likeness (QED) is 0.816. The van der Waals surface area contributed by atoms with E-state index in [-0.39, 0.29) is 6.10 Å². The average Bonchev–Trinajstić information content (AvgIpc) is 2.41. The van der Waals surface area contributed by atoms with E-state index in [4.69, 9.17) is 4.74 Å². The lowest BCUT2D eigenvalue weighted by molar-refractivity contribution is 0.243. The van der Waals surface area contributed by atoms with Gasteiger partial charge in [0, 0.05) is 11.0 Å². The highest BCUT2D eigenvalue weighted by atomic mass is 79.9. The maximum atomic E-state index is 5.80. The van der Waals surface area contributed by atoms with Gasteiger partial charge in [-0.05, 0) is 50.1 Å². The Morgan fingerprint density at radius 3 is 2.60 bits per heavy atom. The average molecular weight is 334 g/mol. The first-order valence-corrected chi connectivity index (χ1v) is 7.60. The molecular weight excluding hydrogens is 314 g/mol. The summed E-state index contributed by atoms with van der Waals surface area (Å²) in [6, 6.07) is 14.4. The topological polar surface area (TPSA) is 21.3 Å². The van der Waals surface area contributed by atoms with Gasteiger partial charge in [0.25, 0.3) is 0 Å². The van der Waals surface area contributed by atoms with Crippen molar-refractivity contribution in [1.29, 1.82) is 0 Å². The van der Waals surface area contributed by atoms with Crippen molar-refractivity contribution in [2.24, 2.45) is 0 Å². The molecule has 1 N–H and O–H groups in total. The van der Waals surface area contributed by atoms with Crippen LogP contribution in [-0.2, 0) is 6.54 Å². The summed E-state index contributed by atoms with van der Waals surface area (Å²) in [6.45, 7) is 6.94. The lowest BCUT2D eigenvalue weighted by Crippen LogP contribution is -2.08. The number of hydrogen-bond donors (Lipinski definition) is 1. The number of para-hydroxylation sites is 2. The number of anilines is 1. The minimum atomic E-state index is 0.173. The monoisotopic (exact) mass is 333 g/mol. The normalized spacial score (nSPS) is 10.7. The van der Waals surface area contributed by atoms with Gasteiger partial charge in [-0.3, -0.25) is 0 Å². The molecule has 20 heavy (non-hydrogen) atoms. The SMILES string of the molecule is Cc1ccc(CNc2ccccc2OC(C)C)cc1Br. The number of ether oxygens (including phenoxy) is 1. The molecule has 0 heterocycles. The molecule has 2 aromatic rings. The molecule has 106 valence electrons. The summed E-state index contributed by atoms with van der Waals surface area (Å²) in [7, 11) is 0. The molecule has 0 saturated carbocycles. The van der Waals surface area contributed by atoms with E-state index in [0.29, 0.717) is 0 Å². The molecule has 0 aliphatic heterocycles. The summed E-state index contributed by atoms with van der Waals surface area (Å²) in [5.74, 6) is 0.897. The number of rotatable bonds is 5. The third-order valence-corrected chi connectivity index (χ3v) is 3.82. The van der Waals surface area contributed by atoms with Crippen molar-refractivity contribution in [1.82, 2.24) is 0 Å². The van der Waals surface area contributed by atoms with Crippen molar-refractivity contribution in [3.63, 3.8) is 0 Å². The molecule has 0 aliphatic carbocycles. The highest BCUT2D eigenvalue weighted by molar-refractivity contribution is 9.10. The third-order valence-electron chi connectivity index (χ3n) is 2.97. The Labute approximate surface area is 129 Å². The van der Waals surface area contributed by atoms with Gasteiger partial charge in [-0.2, -0.15) is 0 Å². The molecule has 0 bridgehead atoms. The lowest BCUT2D eigenvalue weighted by atomic mass is 10.1. The van der Waals surface area contributed by atoms with Gasteiger partial charge in [-0.1, -0.05) is 40.2 Å². The smallest absolute Gasteiger partial charge is 0.142 e. The molecule has 0 unspecified atom stereocenters. The van der Waals surface area contributed by atoms with Crippen molar-refractivity contribution in [2.45, 2.75) is 33.4 Å². The van der Waals surface area contributed by atoms with Crippen LogP contribution in [0.25, 0.3) is 0 Å². The van der Waals surface area contributed by atoms with Gasteiger partial charge in [0.05, 0.1) is 11.8 Å². The Morgan fingerprint density at radius 2 is 1.90 bits per heavy atom. The van der Waals surface area contributed by atoms with E-state index in [0.717, 1.165) is 22.5 Å². The van der Waals surface area contributed by atoms with E-state index < -0.39 is 0 Å². The number of halogens is 1. The van der Waals surface area contributed by atoms with Gasteiger partial charge in [0.1, 0.15) is 5.75 Å². The molecular formula is C17H20BrNO.